The minimum absolute atomic E-state index is 0.0381. The van der Waals surface area contributed by atoms with Gasteiger partial charge in [-0.2, -0.15) is 0 Å². The fourth-order valence-corrected chi connectivity index (χ4v) is 7.94. The summed E-state index contributed by atoms with van der Waals surface area (Å²) in [5, 5.41) is 9.56. The molecule has 0 amide bonds. The molecule has 0 heterocycles. The summed E-state index contributed by atoms with van der Waals surface area (Å²) in [5.74, 6) is -0.0381. The SMILES string of the molecule is CCCCCCCCCOC(=O)CCCCCCCN(CCO)CCCCCCCOP(=O)(OCCCCCCCCC)OCCCCCCCCC. The Kier molecular flexibility index (Phi) is 42.2. The number of aliphatic hydroxyl groups excluding tert-OH is 1. The number of phosphoric acid groups is 1. The Bertz CT molecular complexity index is 763. The summed E-state index contributed by atoms with van der Waals surface area (Å²) in [5.41, 5.74) is 0. The normalized spacial score (nSPS) is 11.9. The zero-order chi connectivity index (χ0) is 38.8. The van der Waals surface area contributed by atoms with E-state index in [0.717, 1.165) is 122 Å². The van der Waals surface area contributed by atoms with Gasteiger partial charge in [0, 0.05) is 13.0 Å². The Morgan fingerprint density at radius 1 is 0.434 bits per heavy atom. The second-order valence-corrected chi connectivity index (χ2v) is 17.1. The molecule has 0 unspecified atom stereocenters. The van der Waals surface area contributed by atoms with Crippen LogP contribution in [-0.4, -0.2) is 68.6 Å². The Hall–Kier alpha value is -0.500. The number of aliphatic hydroxyl groups is 1. The molecule has 0 rings (SSSR count). The second kappa shape index (κ2) is 42.6. The van der Waals surface area contributed by atoms with Crippen molar-refractivity contribution in [1.82, 2.24) is 4.90 Å². The maximum Gasteiger partial charge on any atom is 0.474 e. The predicted octanol–water partition coefficient (Wildman–Crippen LogP) is 13.5. The van der Waals surface area contributed by atoms with E-state index in [1.165, 1.54) is 96.3 Å². The van der Waals surface area contributed by atoms with E-state index < -0.39 is 7.82 Å². The molecule has 0 aromatic rings. The number of ether oxygens (including phenoxy) is 1. The number of hydrogen-bond donors (Lipinski definition) is 1. The summed E-state index contributed by atoms with van der Waals surface area (Å²) in [7, 11) is -3.52. The van der Waals surface area contributed by atoms with Crippen LogP contribution >= 0.6 is 7.82 Å². The first-order chi connectivity index (χ1) is 26.0. The van der Waals surface area contributed by atoms with E-state index in [1.807, 2.05) is 0 Å². The molecule has 9 heteroatoms. The van der Waals surface area contributed by atoms with Crippen molar-refractivity contribution in [2.45, 2.75) is 226 Å². The van der Waals surface area contributed by atoms with Gasteiger partial charge in [-0.05, 0) is 58.0 Å². The summed E-state index contributed by atoms with van der Waals surface area (Å²) >= 11 is 0. The Balaban J connectivity index is 4.06. The second-order valence-electron chi connectivity index (χ2n) is 15.4. The van der Waals surface area contributed by atoms with Gasteiger partial charge in [-0.3, -0.25) is 18.4 Å². The molecule has 0 aliphatic heterocycles. The Morgan fingerprint density at radius 2 is 0.755 bits per heavy atom. The third kappa shape index (κ3) is 39.5. The minimum atomic E-state index is -3.52. The molecule has 0 aliphatic carbocycles. The van der Waals surface area contributed by atoms with Crippen molar-refractivity contribution in [1.29, 1.82) is 0 Å². The van der Waals surface area contributed by atoms with E-state index in [1.54, 1.807) is 0 Å². The summed E-state index contributed by atoms with van der Waals surface area (Å²) in [4.78, 5) is 14.4. The van der Waals surface area contributed by atoms with Crippen molar-refractivity contribution in [2.75, 3.05) is 52.7 Å². The monoisotopic (exact) mass is 776 g/mol. The number of hydrogen-bond acceptors (Lipinski definition) is 8. The molecule has 0 saturated carbocycles. The first-order valence-corrected chi connectivity index (χ1v) is 24.5. The van der Waals surface area contributed by atoms with Gasteiger partial charge in [0.2, 0.25) is 0 Å². The van der Waals surface area contributed by atoms with Crippen molar-refractivity contribution in [3.05, 3.63) is 0 Å². The van der Waals surface area contributed by atoms with Crippen LogP contribution in [0.25, 0.3) is 0 Å². The summed E-state index contributed by atoms with van der Waals surface area (Å²) in [6.45, 7) is 11.5. The lowest BCUT2D eigenvalue weighted by atomic mass is 10.1. The first kappa shape index (κ1) is 52.5. The van der Waals surface area contributed by atoms with Crippen molar-refractivity contribution >= 4 is 13.8 Å². The van der Waals surface area contributed by atoms with Crippen LogP contribution in [0.15, 0.2) is 0 Å². The number of esters is 1. The summed E-state index contributed by atoms with van der Waals surface area (Å²) in [6, 6.07) is 0. The molecule has 0 atom stereocenters. The molecular formula is C44H90NO7P. The van der Waals surface area contributed by atoms with Gasteiger partial charge in [0.15, 0.2) is 0 Å². The maximum atomic E-state index is 13.4. The fraction of sp³-hybridized carbons (Fsp3) is 0.977. The van der Waals surface area contributed by atoms with Gasteiger partial charge in [-0.15, -0.1) is 0 Å². The van der Waals surface area contributed by atoms with Gasteiger partial charge in [0.1, 0.15) is 0 Å². The molecular weight excluding hydrogens is 685 g/mol. The molecule has 1 N–H and O–H groups in total. The van der Waals surface area contributed by atoms with Gasteiger partial charge in [0.25, 0.3) is 0 Å². The van der Waals surface area contributed by atoms with Crippen molar-refractivity contribution in [2.24, 2.45) is 0 Å². The number of nitrogens with zero attached hydrogens (tertiary/aromatic N) is 1. The predicted molar refractivity (Wildman–Crippen MR) is 225 cm³/mol. The highest BCUT2D eigenvalue weighted by atomic mass is 31.2. The Morgan fingerprint density at radius 3 is 1.13 bits per heavy atom. The molecule has 8 nitrogen and oxygen atoms in total. The van der Waals surface area contributed by atoms with Crippen molar-refractivity contribution < 1.29 is 32.8 Å². The van der Waals surface area contributed by atoms with Crippen molar-refractivity contribution in [3.63, 3.8) is 0 Å². The highest BCUT2D eigenvalue weighted by molar-refractivity contribution is 7.48. The van der Waals surface area contributed by atoms with E-state index in [9.17, 15) is 14.5 Å². The van der Waals surface area contributed by atoms with E-state index in [4.69, 9.17) is 18.3 Å². The smallest absolute Gasteiger partial charge is 0.466 e. The van der Waals surface area contributed by atoms with Crippen molar-refractivity contribution in [3.8, 4) is 0 Å². The van der Waals surface area contributed by atoms with Crippen LogP contribution in [0.1, 0.15) is 226 Å². The maximum absolute atomic E-state index is 13.4. The average Bonchev–Trinajstić information content (AvgIpc) is 3.15. The number of carbonyl (C=O) groups excluding carboxylic acids is 1. The lowest BCUT2D eigenvalue weighted by molar-refractivity contribution is -0.143. The zero-order valence-corrected chi connectivity index (χ0v) is 36.5. The third-order valence-electron chi connectivity index (χ3n) is 10.1. The lowest BCUT2D eigenvalue weighted by Gasteiger charge is -2.21. The molecule has 0 radical (unpaired) electrons. The molecule has 0 fully saturated rings. The fourth-order valence-electron chi connectivity index (χ4n) is 6.66. The van der Waals surface area contributed by atoms with E-state index in [2.05, 4.69) is 25.7 Å². The molecule has 0 aliphatic rings. The summed E-state index contributed by atoms with van der Waals surface area (Å²) in [6.07, 6.45) is 36.4. The lowest BCUT2D eigenvalue weighted by Crippen LogP contribution is -2.29. The number of unbranched alkanes of at least 4 members (excludes halogenated alkanes) is 26. The van der Waals surface area contributed by atoms with Crippen LogP contribution in [0.3, 0.4) is 0 Å². The van der Waals surface area contributed by atoms with Gasteiger partial charge >= 0.3 is 13.8 Å². The van der Waals surface area contributed by atoms with E-state index in [-0.39, 0.29) is 12.6 Å². The van der Waals surface area contributed by atoms with Crippen LogP contribution in [0, 0.1) is 0 Å². The molecule has 0 bridgehead atoms. The number of phosphoric ester groups is 1. The van der Waals surface area contributed by atoms with Crippen LogP contribution in [0.5, 0.6) is 0 Å². The summed E-state index contributed by atoms with van der Waals surface area (Å²) < 4.78 is 36.2. The molecule has 0 aromatic heterocycles. The molecule has 0 aromatic carbocycles. The zero-order valence-electron chi connectivity index (χ0n) is 35.6. The quantitative estimate of drug-likeness (QED) is 0.0371. The van der Waals surface area contributed by atoms with Gasteiger partial charge in [0.05, 0.1) is 33.0 Å². The molecule has 318 valence electrons. The molecule has 53 heavy (non-hydrogen) atoms. The van der Waals surface area contributed by atoms with Crippen LogP contribution in [-0.2, 0) is 27.7 Å². The van der Waals surface area contributed by atoms with E-state index >= 15 is 0 Å². The average molecular weight is 776 g/mol. The van der Waals surface area contributed by atoms with Crippen LogP contribution in [0.4, 0.5) is 0 Å². The van der Waals surface area contributed by atoms with Gasteiger partial charge in [-0.25, -0.2) is 4.57 Å². The Labute approximate surface area is 329 Å². The highest BCUT2D eigenvalue weighted by Gasteiger charge is 2.26. The first-order valence-electron chi connectivity index (χ1n) is 23.0. The van der Waals surface area contributed by atoms with Gasteiger partial charge in [-0.1, -0.05) is 175 Å². The number of rotatable bonds is 45. The van der Waals surface area contributed by atoms with E-state index in [0.29, 0.717) is 32.8 Å². The largest absolute Gasteiger partial charge is 0.474 e. The minimum Gasteiger partial charge on any atom is -0.466 e. The standard InChI is InChI=1S/C44H90NO7P/c1-4-7-10-13-16-24-31-40-49-44(47)35-28-21-19-22-29-36-45(38-39-46)37-30-23-20-27-34-43-52-53(48,50-41-32-25-17-14-11-8-5-2)51-42-33-26-18-15-12-9-6-3/h46H,4-43H2,1-3H3. The third-order valence-corrected chi connectivity index (χ3v) is 11.6. The molecule has 0 saturated heterocycles. The topological polar surface area (TPSA) is 94.5 Å². The molecule has 0 spiro atoms. The van der Waals surface area contributed by atoms with Crippen LogP contribution in [0.2, 0.25) is 0 Å². The van der Waals surface area contributed by atoms with Gasteiger partial charge < -0.3 is 14.7 Å². The van der Waals surface area contributed by atoms with Crippen LogP contribution < -0.4 is 0 Å². The highest BCUT2D eigenvalue weighted by Crippen LogP contribution is 2.50. The number of carbonyl (C=O) groups is 1.